The number of rotatable bonds is 5. The molecule has 1 aromatic rings. The van der Waals surface area contributed by atoms with Gasteiger partial charge in [-0.25, -0.2) is 0 Å². The number of carbonyl (C=O) groups excluding carboxylic acids is 1. The average Bonchev–Trinajstić information content (AvgIpc) is 2.17. The van der Waals surface area contributed by atoms with Gasteiger partial charge in [0, 0.05) is 6.04 Å². The van der Waals surface area contributed by atoms with Gasteiger partial charge in [-0.1, -0.05) is 44.2 Å². The van der Waals surface area contributed by atoms with E-state index in [-0.39, 0.29) is 6.04 Å². The molecule has 1 aromatic carbocycles. The van der Waals surface area contributed by atoms with E-state index in [0.29, 0.717) is 6.04 Å². The highest BCUT2D eigenvalue weighted by Gasteiger charge is 2.08. The summed E-state index contributed by atoms with van der Waals surface area (Å²) < 4.78 is 0. The maximum atomic E-state index is 10.8. The minimum Gasteiger partial charge on any atom is -0.305 e. The molecule has 76 valence electrons. The van der Waals surface area contributed by atoms with E-state index < -0.39 is 0 Å². The van der Waals surface area contributed by atoms with Crippen LogP contribution >= 0.6 is 0 Å². The molecule has 0 saturated heterocycles. The van der Waals surface area contributed by atoms with Crippen molar-refractivity contribution in [3.05, 3.63) is 35.9 Å². The van der Waals surface area contributed by atoms with Crippen molar-refractivity contribution in [2.45, 2.75) is 32.4 Å². The minimum atomic E-state index is -0.0719. The Kier molecular flexibility index (Phi) is 4.33. The van der Waals surface area contributed by atoms with Crippen molar-refractivity contribution in [3.63, 3.8) is 0 Å². The quantitative estimate of drug-likeness (QED) is 0.719. The van der Waals surface area contributed by atoms with Gasteiger partial charge in [0.15, 0.2) is 0 Å². The Bertz CT molecular complexity index is 269. The summed E-state index contributed by atoms with van der Waals surface area (Å²) in [6, 6.07) is 10.3. The topological polar surface area (TPSA) is 29.1 Å². The van der Waals surface area contributed by atoms with Crippen LogP contribution in [0.5, 0.6) is 0 Å². The normalized spacial score (nSPS) is 12.8. The van der Waals surface area contributed by atoms with E-state index in [1.54, 1.807) is 0 Å². The van der Waals surface area contributed by atoms with Crippen molar-refractivity contribution in [1.82, 2.24) is 5.32 Å². The third-order valence-corrected chi connectivity index (χ3v) is 2.01. The number of aldehydes is 1. The molecular formula is C12H17NO. The molecule has 0 fully saturated rings. The van der Waals surface area contributed by atoms with E-state index in [2.05, 4.69) is 5.32 Å². The predicted octanol–water partition coefficient (Wildman–Crippen LogP) is 1.79. The van der Waals surface area contributed by atoms with E-state index in [0.717, 1.165) is 12.7 Å². The van der Waals surface area contributed by atoms with Crippen molar-refractivity contribution in [1.29, 1.82) is 0 Å². The summed E-state index contributed by atoms with van der Waals surface area (Å²) in [5.41, 5.74) is 1.19. The van der Waals surface area contributed by atoms with E-state index in [1.807, 2.05) is 44.2 Å². The molecule has 0 aliphatic heterocycles. The summed E-state index contributed by atoms with van der Waals surface area (Å²) in [6.07, 6.45) is 1.75. The lowest BCUT2D eigenvalue weighted by Crippen LogP contribution is -2.37. The summed E-state index contributed by atoms with van der Waals surface area (Å²) >= 11 is 0. The second-order valence-corrected chi connectivity index (χ2v) is 3.75. The van der Waals surface area contributed by atoms with Gasteiger partial charge in [0.05, 0.1) is 6.04 Å². The summed E-state index contributed by atoms with van der Waals surface area (Å²) in [5.74, 6) is 0. The molecule has 1 unspecified atom stereocenters. The van der Waals surface area contributed by atoms with Gasteiger partial charge >= 0.3 is 0 Å². The van der Waals surface area contributed by atoms with Crippen molar-refractivity contribution in [3.8, 4) is 0 Å². The molecule has 0 heterocycles. The third-order valence-electron chi connectivity index (χ3n) is 2.01. The van der Waals surface area contributed by atoms with Crippen LogP contribution in [0.2, 0.25) is 0 Å². The molecule has 0 aromatic heterocycles. The van der Waals surface area contributed by atoms with Crippen LogP contribution in [0.1, 0.15) is 19.4 Å². The second kappa shape index (κ2) is 5.55. The number of hydrogen-bond donors (Lipinski definition) is 1. The highest BCUT2D eigenvalue weighted by Crippen LogP contribution is 2.02. The van der Waals surface area contributed by atoms with Crippen LogP contribution in [-0.2, 0) is 11.2 Å². The second-order valence-electron chi connectivity index (χ2n) is 3.75. The Hall–Kier alpha value is -1.15. The number of hydrogen-bond acceptors (Lipinski definition) is 2. The lowest BCUT2D eigenvalue weighted by atomic mass is 10.1. The third kappa shape index (κ3) is 3.71. The van der Waals surface area contributed by atoms with Crippen LogP contribution in [0.25, 0.3) is 0 Å². The maximum Gasteiger partial charge on any atom is 0.137 e. The van der Waals surface area contributed by atoms with E-state index in [1.165, 1.54) is 5.56 Å². The number of carbonyl (C=O) groups is 1. The Morgan fingerprint density at radius 3 is 2.43 bits per heavy atom. The fourth-order valence-electron chi connectivity index (χ4n) is 1.44. The Labute approximate surface area is 85.3 Å². The summed E-state index contributed by atoms with van der Waals surface area (Å²) in [4.78, 5) is 10.8. The van der Waals surface area contributed by atoms with Gasteiger partial charge in [-0.15, -0.1) is 0 Å². The van der Waals surface area contributed by atoms with Gasteiger partial charge < -0.3 is 10.1 Å². The Morgan fingerprint density at radius 2 is 1.93 bits per heavy atom. The first kappa shape index (κ1) is 10.9. The summed E-state index contributed by atoms with van der Waals surface area (Å²) in [6.45, 7) is 4.09. The molecule has 0 spiro atoms. The monoisotopic (exact) mass is 191 g/mol. The molecular weight excluding hydrogens is 174 g/mol. The first-order valence-corrected chi connectivity index (χ1v) is 4.97. The molecule has 0 aliphatic rings. The molecule has 0 aliphatic carbocycles. The van der Waals surface area contributed by atoms with Gasteiger partial charge in [0.25, 0.3) is 0 Å². The zero-order valence-corrected chi connectivity index (χ0v) is 8.73. The molecule has 2 heteroatoms. The SMILES string of the molecule is CC(C)NC(C=O)Cc1ccccc1. The lowest BCUT2D eigenvalue weighted by molar-refractivity contribution is -0.109. The van der Waals surface area contributed by atoms with Crippen molar-refractivity contribution in [2.24, 2.45) is 0 Å². The highest BCUT2D eigenvalue weighted by molar-refractivity contribution is 5.58. The summed E-state index contributed by atoms with van der Waals surface area (Å²) in [7, 11) is 0. The van der Waals surface area contributed by atoms with E-state index >= 15 is 0 Å². The fourth-order valence-corrected chi connectivity index (χ4v) is 1.44. The van der Waals surface area contributed by atoms with Crippen LogP contribution in [0.4, 0.5) is 0 Å². The first-order chi connectivity index (χ1) is 6.72. The Balaban J connectivity index is 2.53. The molecule has 0 bridgehead atoms. The van der Waals surface area contributed by atoms with Gasteiger partial charge in [-0.05, 0) is 12.0 Å². The lowest BCUT2D eigenvalue weighted by Gasteiger charge is -2.15. The van der Waals surface area contributed by atoms with Gasteiger partial charge in [0.1, 0.15) is 6.29 Å². The van der Waals surface area contributed by atoms with E-state index in [9.17, 15) is 4.79 Å². The zero-order valence-electron chi connectivity index (χ0n) is 8.73. The molecule has 14 heavy (non-hydrogen) atoms. The summed E-state index contributed by atoms with van der Waals surface area (Å²) in [5, 5.41) is 3.21. The van der Waals surface area contributed by atoms with Gasteiger partial charge in [-0.3, -0.25) is 0 Å². The average molecular weight is 191 g/mol. The predicted molar refractivity (Wildman–Crippen MR) is 58.3 cm³/mol. The highest BCUT2D eigenvalue weighted by atomic mass is 16.1. The van der Waals surface area contributed by atoms with Crippen LogP contribution in [0, 0.1) is 0 Å². The Morgan fingerprint density at radius 1 is 1.29 bits per heavy atom. The maximum absolute atomic E-state index is 10.8. The van der Waals surface area contributed by atoms with Crippen LogP contribution in [0.3, 0.4) is 0 Å². The molecule has 0 saturated carbocycles. The number of benzene rings is 1. The van der Waals surface area contributed by atoms with Crippen molar-refractivity contribution >= 4 is 6.29 Å². The van der Waals surface area contributed by atoms with Crippen molar-refractivity contribution < 1.29 is 4.79 Å². The first-order valence-electron chi connectivity index (χ1n) is 4.97. The van der Waals surface area contributed by atoms with Crippen LogP contribution in [-0.4, -0.2) is 18.4 Å². The standard InChI is InChI=1S/C12H17NO/c1-10(2)13-12(9-14)8-11-6-4-3-5-7-11/h3-7,9-10,12-13H,8H2,1-2H3. The van der Waals surface area contributed by atoms with Crippen LogP contribution in [0.15, 0.2) is 30.3 Å². The van der Waals surface area contributed by atoms with Gasteiger partial charge in [0.2, 0.25) is 0 Å². The van der Waals surface area contributed by atoms with Gasteiger partial charge in [-0.2, -0.15) is 0 Å². The van der Waals surface area contributed by atoms with Crippen LogP contribution < -0.4 is 5.32 Å². The molecule has 0 radical (unpaired) electrons. The molecule has 1 rings (SSSR count). The zero-order chi connectivity index (χ0) is 10.4. The largest absolute Gasteiger partial charge is 0.305 e. The molecule has 1 atom stereocenters. The minimum absolute atomic E-state index is 0.0719. The smallest absolute Gasteiger partial charge is 0.137 e. The molecule has 0 amide bonds. The van der Waals surface area contributed by atoms with E-state index in [4.69, 9.17) is 0 Å². The number of nitrogens with one attached hydrogen (secondary N) is 1. The van der Waals surface area contributed by atoms with Crippen molar-refractivity contribution in [2.75, 3.05) is 0 Å². The fraction of sp³-hybridized carbons (Fsp3) is 0.417. The molecule has 2 nitrogen and oxygen atoms in total. The molecule has 1 N–H and O–H groups in total.